The first-order chi connectivity index (χ1) is 7.29. The minimum Gasteiger partial charge on any atom is -0.444 e. The van der Waals surface area contributed by atoms with Crippen LogP contribution in [0.2, 0.25) is 0 Å². The maximum Gasteiger partial charge on any atom is 0.410 e. The summed E-state index contributed by atoms with van der Waals surface area (Å²) >= 11 is 0. The van der Waals surface area contributed by atoms with E-state index in [1.165, 1.54) is 0 Å². The van der Waals surface area contributed by atoms with E-state index in [0.717, 1.165) is 12.8 Å². The Balaban J connectivity index is 2.60. The van der Waals surface area contributed by atoms with E-state index in [9.17, 15) is 9.90 Å². The Kier molecular flexibility index (Phi) is 4.19. The van der Waals surface area contributed by atoms with Crippen LogP contribution in [0.3, 0.4) is 0 Å². The molecule has 1 rings (SSSR count). The molecule has 1 aliphatic rings. The lowest BCUT2D eigenvalue weighted by atomic mass is 10.1. The van der Waals surface area contributed by atoms with E-state index in [4.69, 9.17) is 4.74 Å². The number of carbonyl (C=O) groups is 1. The Labute approximate surface area is 97.6 Å². The molecule has 0 aromatic carbocycles. The number of amides is 1. The van der Waals surface area contributed by atoms with Crippen molar-refractivity contribution < 1.29 is 14.6 Å². The van der Waals surface area contributed by atoms with Crippen molar-refractivity contribution in [2.75, 3.05) is 6.54 Å². The minimum atomic E-state index is -0.457. The van der Waals surface area contributed by atoms with Gasteiger partial charge in [-0.05, 0) is 47.0 Å². The molecule has 0 radical (unpaired) electrons. The lowest BCUT2D eigenvalue weighted by Gasteiger charge is -2.30. The van der Waals surface area contributed by atoms with Crippen molar-refractivity contribution in [3.05, 3.63) is 0 Å². The maximum absolute atomic E-state index is 11.9. The summed E-state index contributed by atoms with van der Waals surface area (Å²) in [5, 5.41) is 9.56. The van der Waals surface area contributed by atoms with E-state index in [0.29, 0.717) is 13.0 Å². The molecule has 4 heteroatoms. The number of rotatable bonds is 0. The van der Waals surface area contributed by atoms with Gasteiger partial charge in [0.25, 0.3) is 0 Å². The molecule has 0 saturated carbocycles. The molecule has 94 valence electrons. The zero-order valence-electron chi connectivity index (χ0n) is 10.7. The molecule has 2 atom stereocenters. The summed E-state index contributed by atoms with van der Waals surface area (Å²) < 4.78 is 5.34. The van der Waals surface area contributed by atoms with Crippen molar-refractivity contribution in [2.45, 2.75) is 64.7 Å². The van der Waals surface area contributed by atoms with Gasteiger partial charge in [0.2, 0.25) is 0 Å². The molecule has 0 unspecified atom stereocenters. The third-order valence-electron chi connectivity index (χ3n) is 2.78. The molecule has 1 fully saturated rings. The number of aliphatic hydroxyl groups is 1. The fraction of sp³-hybridized carbons (Fsp3) is 0.917. The number of ether oxygens (including phenoxy) is 1. The lowest BCUT2D eigenvalue weighted by Crippen LogP contribution is -2.41. The molecule has 1 amide bonds. The van der Waals surface area contributed by atoms with E-state index in [1.54, 1.807) is 4.90 Å². The molecule has 0 aliphatic carbocycles. The molecule has 1 saturated heterocycles. The minimum absolute atomic E-state index is 0.145. The van der Waals surface area contributed by atoms with Crippen molar-refractivity contribution in [1.29, 1.82) is 0 Å². The smallest absolute Gasteiger partial charge is 0.410 e. The second-order valence-electron chi connectivity index (χ2n) is 5.54. The first kappa shape index (κ1) is 13.3. The van der Waals surface area contributed by atoms with Crippen molar-refractivity contribution in [3.63, 3.8) is 0 Å². The third-order valence-corrected chi connectivity index (χ3v) is 2.78. The number of hydrogen-bond donors (Lipinski definition) is 1. The van der Waals surface area contributed by atoms with E-state index >= 15 is 0 Å². The van der Waals surface area contributed by atoms with Crippen LogP contribution in [0, 0.1) is 0 Å². The molecule has 0 spiro atoms. The number of nitrogens with zero attached hydrogens (tertiary/aromatic N) is 1. The lowest BCUT2D eigenvalue weighted by molar-refractivity contribution is 0.0178. The van der Waals surface area contributed by atoms with E-state index in [2.05, 4.69) is 0 Å². The Morgan fingerprint density at radius 3 is 2.50 bits per heavy atom. The SMILES string of the molecule is C[C@H]1CC[C@@H](O)CCN1C(=O)OC(C)(C)C. The number of aliphatic hydroxyl groups excluding tert-OH is 1. The maximum atomic E-state index is 11.9. The van der Waals surface area contributed by atoms with E-state index < -0.39 is 5.60 Å². The van der Waals surface area contributed by atoms with Gasteiger partial charge in [0.1, 0.15) is 5.60 Å². The highest BCUT2D eigenvalue weighted by atomic mass is 16.6. The largest absolute Gasteiger partial charge is 0.444 e. The topological polar surface area (TPSA) is 49.8 Å². The van der Waals surface area contributed by atoms with Gasteiger partial charge in [-0.25, -0.2) is 4.79 Å². The van der Waals surface area contributed by atoms with Crippen LogP contribution in [-0.2, 0) is 4.74 Å². The fourth-order valence-corrected chi connectivity index (χ4v) is 1.83. The van der Waals surface area contributed by atoms with Crippen LogP contribution in [0.1, 0.15) is 47.0 Å². The van der Waals surface area contributed by atoms with Gasteiger partial charge in [-0.3, -0.25) is 0 Å². The summed E-state index contributed by atoms with van der Waals surface area (Å²) in [6, 6.07) is 0.145. The van der Waals surface area contributed by atoms with E-state index in [1.807, 2.05) is 27.7 Å². The van der Waals surface area contributed by atoms with Gasteiger partial charge in [0, 0.05) is 12.6 Å². The highest BCUT2D eigenvalue weighted by molar-refractivity contribution is 5.68. The van der Waals surface area contributed by atoms with Gasteiger partial charge in [-0.15, -0.1) is 0 Å². The molecule has 1 heterocycles. The third kappa shape index (κ3) is 4.00. The van der Waals surface area contributed by atoms with Gasteiger partial charge < -0.3 is 14.7 Å². The van der Waals surface area contributed by atoms with Crippen LogP contribution in [0.25, 0.3) is 0 Å². The van der Waals surface area contributed by atoms with Crippen LogP contribution in [0.15, 0.2) is 0 Å². The Hall–Kier alpha value is -0.770. The van der Waals surface area contributed by atoms with Crippen LogP contribution in [-0.4, -0.2) is 40.4 Å². The molecular weight excluding hydrogens is 206 g/mol. The van der Waals surface area contributed by atoms with Crippen molar-refractivity contribution in [1.82, 2.24) is 4.90 Å². The number of carbonyl (C=O) groups excluding carboxylic acids is 1. The molecule has 1 aliphatic heterocycles. The van der Waals surface area contributed by atoms with Gasteiger partial charge in [-0.2, -0.15) is 0 Å². The summed E-state index contributed by atoms with van der Waals surface area (Å²) in [6.07, 6.45) is 1.69. The molecule has 0 aromatic heterocycles. The summed E-state index contributed by atoms with van der Waals surface area (Å²) in [7, 11) is 0. The van der Waals surface area contributed by atoms with Gasteiger partial charge in [-0.1, -0.05) is 0 Å². The van der Waals surface area contributed by atoms with Crippen molar-refractivity contribution in [3.8, 4) is 0 Å². The number of likely N-dealkylation sites (tertiary alicyclic amines) is 1. The normalized spacial score (nSPS) is 27.4. The molecular formula is C12H23NO3. The highest BCUT2D eigenvalue weighted by Gasteiger charge is 2.28. The number of hydrogen-bond acceptors (Lipinski definition) is 3. The van der Waals surface area contributed by atoms with Gasteiger partial charge in [0.15, 0.2) is 0 Å². The fourth-order valence-electron chi connectivity index (χ4n) is 1.83. The van der Waals surface area contributed by atoms with Crippen molar-refractivity contribution in [2.24, 2.45) is 0 Å². The van der Waals surface area contributed by atoms with Crippen LogP contribution in [0.4, 0.5) is 4.79 Å². The molecule has 16 heavy (non-hydrogen) atoms. The zero-order chi connectivity index (χ0) is 12.3. The Morgan fingerprint density at radius 1 is 1.31 bits per heavy atom. The first-order valence-electron chi connectivity index (χ1n) is 5.97. The molecule has 4 nitrogen and oxygen atoms in total. The quantitative estimate of drug-likeness (QED) is 0.692. The average molecular weight is 229 g/mol. The monoisotopic (exact) mass is 229 g/mol. The van der Waals surface area contributed by atoms with Crippen LogP contribution in [0.5, 0.6) is 0 Å². The van der Waals surface area contributed by atoms with Crippen molar-refractivity contribution >= 4 is 6.09 Å². The Bertz CT molecular complexity index is 247. The van der Waals surface area contributed by atoms with Crippen LogP contribution < -0.4 is 0 Å². The summed E-state index contributed by atoms with van der Waals surface area (Å²) in [5.74, 6) is 0. The van der Waals surface area contributed by atoms with Gasteiger partial charge >= 0.3 is 6.09 Å². The first-order valence-corrected chi connectivity index (χ1v) is 5.97. The molecule has 1 N–H and O–H groups in total. The predicted octanol–water partition coefficient (Wildman–Crippen LogP) is 2.16. The van der Waals surface area contributed by atoms with Crippen LogP contribution >= 0.6 is 0 Å². The zero-order valence-corrected chi connectivity index (χ0v) is 10.7. The summed E-state index contributed by atoms with van der Waals surface area (Å²) in [5.41, 5.74) is -0.457. The van der Waals surface area contributed by atoms with Gasteiger partial charge in [0.05, 0.1) is 6.10 Å². The second kappa shape index (κ2) is 5.04. The molecule has 0 aromatic rings. The standard InChI is InChI=1S/C12H23NO3/c1-9-5-6-10(14)7-8-13(9)11(15)16-12(2,3)4/h9-10,14H,5-8H2,1-4H3/t9-,10+/m0/s1. The predicted molar refractivity (Wildman–Crippen MR) is 62.3 cm³/mol. The summed E-state index contributed by atoms with van der Waals surface area (Å²) in [4.78, 5) is 13.6. The average Bonchev–Trinajstić information content (AvgIpc) is 2.26. The summed E-state index contributed by atoms with van der Waals surface area (Å²) in [6.45, 7) is 8.17. The molecule has 0 bridgehead atoms. The second-order valence-corrected chi connectivity index (χ2v) is 5.54. The highest BCUT2D eigenvalue weighted by Crippen LogP contribution is 2.19. The Morgan fingerprint density at radius 2 is 1.94 bits per heavy atom. The van der Waals surface area contributed by atoms with E-state index in [-0.39, 0.29) is 18.2 Å².